The Kier molecular flexibility index (Phi) is 6.33. The van der Waals surface area contributed by atoms with Gasteiger partial charge >= 0.3 is 0 Å². The predicted molar refractivity (Wildman–Crippen MR) is 88.4 cm³/mol. The van der Waals surface area contributed by atoms with E-state index in [1.165, 1.54) is 6.07 Å². The maximum absolute atomic E-state index is 13.4. The normalized spacial score (nSPS) is 12.4. The second kappa shape index (κ2) is 8.01. The maximum atomic E-state index is 13.4. The summed E-state index contributed by atoms with van der Waals surface area (Å²) < 4.78 is 13.4. The highest BCUT2D eigenvalue weighted by atomic mass is 35.5. The van der Waals surface area contributed by atoms with Gasteiger partial charge in [-0.05, 0) is 30.2 Å². The molecule has 0 heterocycles. The van der Waals surface area contributed by atoms with Gasteiger partial charge in [-0.1, -0.05) is 47.5 Å². The summed E-state index contributed by atoms with van der Waals surface area (Å²) in [4.78, 5) is 0.991. The summed E-state index contributed by atoms with van der Waals surface area (Å²) in [6.45, 7) is 0. The van der Waals surface area contributed by atoms with Crippen LogP contribution in [0.1, 0.15) is 5.56 Å². The molecule has 2 rings (SSSR count). The Hall–Kier alpha value is -0.780. The molecule has 0 aliphatic heterocycles. The lowest BCUT2D eigenvalue weighted by Crippen LogP contribution is -2.38. The topological polar surface area (TPSA) is 38.0 Å². The Labute approximate surface area is 137 Å². The van der Waals surface area contributed by atoms with Gasteiger partial charge in [0.1, 0.15) is 5.82 Å². The molecule has 1 unspecified atom stereocenters. The molecule has 0 fully saturated rings. The average molecular weight is 345 g/mol. The highest BCUT2D eigenvalue weighted by Crippen LogP contribution is 2.28. The number of thioether (sulfide) groups is 1. The van der Waals surface area contributed by atoms with Crippen LogP contribution in [0.3, 0.4) is 0 Å². The molecule has 0 saturated carbocycles. The zero-order valence-electron chi connectivity index (χ0n) is 11.2. The second-order valence-corrected chi connectivity index (χ2v) is 6.37. The van der Waals surface area contributed by atoms with Gasteiger partial charge in [-0.2, -0.15) is 0 Å². The zero-order chi connectivity index (χ0) is 15.2. The monoisotopic (exact) mass is 344 g/mol. The van der Waals surface area contributed by atoms with Crippen molar-refractivity contribution in [2.75, 3.05) is 5.75 Å². The quantitative estimate of drug-likeness (QED) is 0.466. The summed E-state index contributed by atoms with van der Waals surface area (Å²) in [5.74, 6) is 5.87. The van der Waals surface area contributed by atoms with E-state index in [1.54, 1.807) is 23.9 Å². The number of rotatable bonds is 6. The fraction of sp³-hybridized carbons (Fsp3) is 0.200. The van der Waals surface area contributed by atoms with Crippen LogP contribution in [0.4, 0.5) is 4.39 Å². The number of nitrogens with two attached hydrogens (primary N) is 1. The van der Waals surface area contributed by atoms with Crippen LogP contribution in [-0.4, -0.2) is 11.8 Å². The molecule has 1 atom stereocenters. The molecule has 0 radical (unpaired) electrons. The van der Waals surface area contributed by atoms with Crippen molar-refractivity contribution in [1.29, 1.82) is 0 Å². The Morgan fingerprint density at radius 3 is 2.62 bits per heavy atom. The highest BCUT2D eigenvalue weighted by molar-refractivity contribution is 7.99. The largest absolute Gasteiger partial charge is 0.271 e. The number of benzene rings is 2. The van der Waals surface area contributed by atoms with Crippen molar-refractivity contribution < 1.29 is 4.39 Å². The van der Waals surface area contributed by atoms with E-state index in [4.69, 9.17) is 29.0 Å². The van der Waals surface area contributed by atoms with E-state index in [9.17, 15) is 4.39 Å². The molecule has 21 heavy (non-hydrogen) atoms. The third-order valence-electron chi connectivity index (χ3n) is 3.01. The molecule has 2 aromatic carbocycles. The van der Waals surface area contributed by atoms with E-state index in [1.807, 2.05) is 24.3 Å². The van der Waals surface area contributed by atoms with Gasteiger partial charge in [-0.3, -0.25) is 11.3 Å². The van der Waals surface area contributed by atoms with Gasteiger partial charge in [0.15, 0.2) is 0 Å². The maximum Gasteiger partial charge on any atom is 0.142 e. The Morgan fingerprint density at radius 1 is 1.14 bits per heavy atom. The smallest absolute Gasteiger partial charge is 0.142 e. The van der Waals surface area contributed by atoms with Crippen LogP contribution in [0.15, 0.2) is 47.4 Å². The minimum Gasteiger partial charge on any atom is -0.271 e. The molecule has 0 aliphatic carbocycles. The van der Waals surface area contributed by atoms with Crippen LogP contribution in [-0.2, 0) is 6.42 Å². The van der Waals surface area contributed by atoms with Crippen LogP contribution in [0.25, 0.3) is 0 Å². The fourth-order valence-electron chi connectivity index (χ4n) is 1.89. The molecule has 2 nitrogen and oxygen atoms in total. The fourth-order valence-corrected chi connectivity index (χ4v) is 3.37. The third kappa shape index (κ3) is 4.59. The number of nitrogens with one attached hydrogen (secondary N) is 1. The van der Waals surface area contributed by atoms with Crippen LogP contribution in [0.5, 0.6) is 0 Å². The van der Waals surface area contributed by atoms with Crippen molar-refractivity contribution in [3.8, 4) is 0 Å². The van der Waals surface area contributed by atoms with E-state index in [-0.39, 0.29) is 11.1 Å². The Morgan fingerprint density at radius 2 is 1.90 bits per heavy atom. The minimum atomic E-state index is -0.413. The number of hydrogen-bond acceptors (Lipinski definition) is 3. The molecule has 0 amide bonds. The first-order valence-corrected chi connectivity index (χ1v) is 8.12. The van der Waals surface area contributed by atoms with Gasteiger partial charge < -0.3 is 0 Å². The summed E-state index contributed by atoms with van der Waals surface area (Å²) in [6.07, 6.45) is 0.546. The SMILES string of the molecule is NNC(CSc1ccccc1Cl)Cc1cccc(F)c1Cl. The summed E-state index contributed by atoms with van der Waals surface area (Å²) in [7, 11) is 0. The molecule has 6 heteroatoms. The van der Waals surface area contributed by atoms with Crippen molar-refractivity contribution in [2.45, 2.75) is 17.4 Å². The lowest BCUT2D eigenvalue weighted by Gasteiger charge is -2.17. The molecule has 0 spiro atoms. The second-order valence-electron chi connectivity index (χ2n) is 4.52. The van der Waals surface area contributed by atoms with Crippen molar-refractivity contribution >= 4 is 35.0 Å². The summed E-state index contributed by atoms with van der Waals surface area (Å²) in [6, 6.07) is 12.4. The van der Waals surface area contributed by atoms with Gasteiger partial charge in [0, 0.05) is 16.7 Å². The van der Waals surface area contributed by atoms with E-state index in [0.29, 0.717) is 17.2 Å². The van der Waals surface area contributed by atoms with Crippen LogP contribution < -0.4 is 11.3 Å². The van der Waals surface area contributed by atoms with Gasteiger partial charge in [0.05, 0.1) is 10.0 Å². The Bertz CT molecular complexity index is 610. The average Bonchev–Trinajstić information content (AvgIpc) is 2.49. The predicted octanol–water partition coefficient (Wildman–Crippen LogP) is 4.30. The van der Waals surface area contributed by atoms with E-state index in [0.717, 1.165) is 10.5 Å². The van der Waals surface area contributed by atoms with Gasteiger partial charge in [-0.15, -0.1) is 11.8 Å². The standard InChI is InChI=1S/C15H15Cl2FN2S/c16-12-5-1-2-7-14(12)21-9-11(20-19)8-10-4-3-6-13(18)15(10)17/h1-7,11,20H,8-9,19H2. The van der Waals surface area contributed by atoms with Crippen molar-refractivity contribution in [1.82, 2.24) is 5.43 Å². The number of hydrogen-bond donors (Lipinski definition) is 2. The molecule has 112 valence electrons. The van der Waals surface area contributed by atoms with Crippen LogP contribution in [0, 0.1) is 5.82 Å². The first kappa shape index (κ1) is 16.6. The molecule has 0 bridgehead atoms. The molecule has 3 N–H and O–H groups in total. The zero-order valence-corrected chi connectivity index (χ0v) is 13.5. The first-order valence-electron chi connectivity index (χ1n) is 6.38. The Balaban J connectivity index is 2.01. The number of halogens is 3. The summed E-state index contributed by atoms with van der Waals surface area (Å²) in [5.41, 5.74) is 3.48. The van der Waals surface area contributed by atoms with E-state index in [2.05, 4.69) is 5.43 Å². The molecular weight excluding hydrogens is 330 g/mol. The minimum absolute atomic E-state index is 0.0365. The van der Waals surface area contributed by atoms with Crippen LogP contribution >= 0.6 is 35.0 Å². The molecular formula is C15H15Cl2FN2S. The lowest BCUT2D eigenvalue weighted by molar-refractivity contribution is 0.571. The molecule has 0 aromatic heterocycles. The molecule has 2 aromatic rings. The van der Waals surface area contributed by atoms with Gasteiger partial charge in [0.2, 0.25) is 0 Å². The van der Waals surface area contributed by atoms with Crippen molar-refractivity contribution in [3.05, 3.63) is 63.9 Å². The van der Waals surface area contributed by atoms with Crippen LogP contribution in [0.2, 0.25) is 10.0 Å². The van der Waals surface area contributed by atoms with Crippen molar-refractivity contribution in [2.24, 2.45) is 5.84 Å². The summed E-state index contributed by atoms with van der Waals surface area (Å²) >= 11 is 13.7. The highest BCUT2D eigenvalue weighted by Gasteiger charge is 2.13. The summed E-state index contributed by atoms with van der Waals surface area (Å²) in [5, 5.41) is 0.863. The van der Waals surface area contributed by atoms with Gasteiger partial charge in [0.25, 0.3) is 0 Å². The van der Waals surface area contributed by atoms with Crippen molar-refractivity contribution in [3.63, 3.8) is 0 Å². The van der Waals surface area contributed by atoms with E-state index < -0.39 is 5.82 Å². The lowest BCUT2D eigenvalue weighted by atomic mass is 10.1. The van der Waals surface area contributed by atoms with Gasteiger partial charge in [-0.25, -0.2) is 4.39 Å². The molecule has 0 aliphatic rings. The number of hydrazine groups is 1. The first-order chi connectivity index (χ1) is 10.1. The molecule has 0 saturated heterocycles. The third-order valence-corrected chi connectivity index (χ3v) is 5.11. The van der Waals surface area contributed by atoms with E-state index >= 15 is 0 Å².